The van der Waals surface area contributed by atoms with Crippen molar-refractivity contribution < 1.29 is 17.8 Å². The Balaban J connectivity index is 1.51. The molecule has 0 N–H and O–H groups in total. The van der Waals surface area contributed by atoms with E-state index in [0.29, 0.717) is 16.7 Å². The average Bonchev–Trinajstić information content (AvgIpc) is 3.37. The Bertz CT molecular complexity index is 1950. The maximum absolute atomic E-state index is 15.6. The first-order valence-corrected chi connectivity index (χ1v) is 12.8. The van der Waals surface area contributed by atoms with Crippen LogP contribution in [0.4, 0.5) is 8.78 Å². The van der Waals surface area contributed by atoms with Crippen LogP contribution in [0.5, 0.6) is 0 Å². The van der Waals surface area contributed by atoms with Crippen molar-refractivity contribution in [3.05, 3.63) is 113 Å². The summed E-state index contributed by atoms with van der Waals surface area (Å²) in [4.78, 5) is 0. The molecular weight excluding hydrogens is 476 g/mol. The van der Waals surface area contributed by atoms with E-state index in [0.717, 1.165) is 38.7 Å². The maximum Gasteiger partial charge on any atom is 0.216 e. The summed E-state index contributed by atoms with van der Waals surface area (Å²) in [5.41, 5.74) is 9.83. The van der Waals surface area contributed by atoms with Crippen molar-refractivity contribution in [2.45, 2.75) is 26.2 Å². The fraction of sp³-hybridized carbons (Fsp3) is 0.147. The zero-order chi connectivity index (χ0) is 26.3. The molecule has 0 radical (unpaired) electrons. The van der Waals surface area contributed by atoms with Crippen LogP contribution in [0.15, 0.2) is 89.5 Å². The lowest BCUT2D eigenvalue weighted by molar-refractivity contribution is -0.661. The molecule has 0 atom stereocenters. The highest BCUT2D eigenvalue weighted by molar-refractivity contribution is 6.13. The van der Waals surface area contributed by atoms with Gasteiger partial charge in [0.15, 0.2) is 5.82 Å². The summed E-state index contributed by atoms with van der Waals surface area (Å²) < 4.78 is 37.8. The quantitative estimate of drug-likeness (QED) is 0.217. The molecule has 0 aliphatic heterocycles. The minimum absolute atomic E-state index is 0.120. The molecule has 2 heterocycles. The molecule has 6 aromatic rings. The Morgan fingerprint density at radius 1 is 0.737 bits per heavy atom. The molecule has 0 amide bonds. The van der Waals surface area contributed by atoms with Crippen molar-refractivity contribution >= 4 is 21.9 Å². The van der Waals surface area contributed by atoms with E-state index < -0.39 is 0 Å². The summed E-state index contributed by atoms with van der Waals surface area (Å²) in [6, 6.07) is 25.2. The van der Waals surface area contributed by atoms with Gasteiger partial charge < -0.3 is 4.42 Å². The number of aromatic nitrogens is 1. The van der Waals surface area contributed by atoms with Crippen molar-refractivity contribution in [2.75, 3.05) is 0 Å². The van der Waals surface area contributed by atoms with Crippen molar-refractivity contribution in [3.8, 4) is 33.5 Å². The zero-order valence-electron chi connectivity index (χ0n) is 21.7. The molecule has 186 valence electrons. The number of halogens is 2. The predicted molar refractivity (Wildman–Crippen MR) is 148 cm³/mol. The van der Waals surface area contributed by atoms with Crippen LogP contribution in [-0.4, -0.2) is 0 Å². The van der Waals surface area contributed by atoms with E-state index in [2.05, 4.69) is 50.2 Å². The number of rotatable bonds is 2. The van der Waals surface area contributed by atoms with Crippen LogP contribution in [-0.2, 0) is 12.5 Å². The van der Waals surface area contributed by atoms with Crippen molar-refractivity contribution in [2.24, 2.45) is 7.05 Å². The number of hydrogen-bond donors (Lipinski definition) is 0. The third kappa shape index (κ3) is 3.06. The van der Waals surface area contributed by atoms with Gasteiger partial charge in [0.25, 0.3) is 0 Å². The molecule has 1 aliphatic rings. The number of aryl methyl sites for hydroxylation is 2. The molecule has 0 bridgehead atoms. The smallest absolute Gasteiger partial charge is 0.216 e. The molecule has 0 saturated carbocycles. The lowest BCUT2D eigenvalue weighted by Gasteiger charge is -2.21. The Hall–Kier alpha value is -4.31. The molecule has 0 spiro atoms. The lowest BCUT2D eigenvalue weighted by atomic mass is 9.82. The van der Waals surface area contributed by atoms with Crippen LogP contribution in [0.25, 0.3) is 55.4 Å². The fourth-order valence-corrected chi connectivity index (χ4v) is 6.27. The van der Waals surface area contributed by atoms with E-state index >= 15 is 4.39 Å². The van der Waals surface area contributed by atoms with Gasteiger partial charge >= 0.3 is 0 Å². The van der Waals surface area contributed by atoms with Crippen molar-refractivity contribution in [3.63, 3.8) is 0 Å². The van der Waals surface area contributed by atoms with Gasteiger partial charge in [-0.25, -0.2) is 8.78 Å². The van der Waals surface area contributed by atoms with Crippen LogP contribution in [0.1, 0.15) is 30.5 Å². The van der Waals surface area contributed by atoms with Gasteiger partial charge in [-0.15, -0.1) is 0 Å². The van der Waals surface area contributed by atoms with Gasteiger partial charge in [0.2, 0.25) is 11.9 Å². The summed E-state index contributed by atoms with van der Waals surface area (Å²) in [5, 5.41) is 1.75. The van der Waals surface area contributed by atoms with Gasteiger partial charge in [-0.1, -0.05) is 62.4 Å². The summed E-state index contributed by atoms with van der Waals surface area (Å²) in [7, 11) is 1.81. The second-order valence-electron chi connectivity index (χ2n) is 10.8. The standard InChI is InChI=1S/C34H26F2NO/c1-19-9-12-23-24-13-15-28(36)31(33(24)38-32(23)30(19)29-16-11-21(35)18-37(29)4)20-10-14-27-25(17-20)22-7-5-6-8-26(22)34(27,2)3/h5-18H,1-4H3/q+1. The van der Waals surface area contributed by atoms with Crippen molar-refractivity contribution in [1.82, 2.24) is 0 Å². The third-order valence-electron chi connectivity index (χ3n) is 8.19. The molecule has 4 aromatic carbocycles. The first-order valence-electron chi connectivity index (χ1n) is 12.8. The van der Waals surface area contributed by atoms with Crippen LogP contribution >= 0.6 is 0 Å². The Kier molecular flexibility index (Phi) is 4.72. The van der Waals surface area contributed by atoms with Crippen molar-refractivity contribution in [1.29, 1.82) is 0 Å². The molecule has 4 heteroatoms. The minimum Gasteiger partial charge on any atom is -0.454 e. The monoisotopic (exact) mass is 502 g/mol. The van der Waals surface area contributed by atoms with Gasteiger partial charge in [-0.05, 0) is 64.6 Å². The first-order chi connectivity index (χ1) is 18.3. The topological polar surface area (TPSA) is 17.0 Å². The van der Waals surface area contributed by atoms with Crippen LogP contribution in [0.3, 0.4) is 0 Å². The number of furan rings is 1. The molecule has 1 aliphatic carbocycles. The van der Waals surface area contributed by atoms with Crippen LogP contribution < -0.4 is 4.57 Å². The highest BCUT2D eigenvalue weighted by Crippen LogP contribution is 2.50. The largest absolute Gasteiger partial charge is 0.454 e. The molecule has 7 rings (SSSR count). The number of hydrogen-bond acceptors (Lipinski definition) is 1. The Labute approximate surface area is 219 Å². The van der Waals surface area contributed by atoms with Gasteiger partial charge in [0, 0.05) is 22.3 Å². The second-order valence-corrected chi connectivity index (χ2v) is 10.8. The number of nitrogens with zero attached hydrogens (tertiary/aromatic N) is 1. The molecule has 38 heavy (non-hydrogen) atoms. The summed E-state index contributed by atoms with van der Waals surface area (Å²) in [6.45, 7) is 6.47. The molecule has 2 aromatic heterocycles. The SMILES string of the molecule is Cc1ccc2c(oc3c(-c4ccc5c(c4)-c4ccccc4C5(C)C)c(F)ccc32)c1-c1ccc(F)c[n+]1C. The fourth-order valence-electron chi connectivity index (χ4n) is 6.27. The van der Waals surface area contributed by atoms with Gasteiger partial charge in [0.05, 0.1) is 11.1 Å². The van der Waals surface area contributed by atoms with E-state index in [1.807, 2.05) is 32.2 Å². The molecule has 0 unspecified atom stereocenters. The van der Waals surface area contributed by atoms with Gasteiger partial charge in [-0.3, -0.25) is 0 Å². The summed E-state index contributed by atoms with van der Waals surface area (Å²) in [6.07, 6.45) is 1.45. The number of fused-ring (bicyclic) bond motifs is 6. The average molecular weight is 503 g/mol. The number of pyridine rings is 1. The number of benzene rings is 4. The molecule has 2 nitrogen and oxygen atoms in total. The highest BCUT2D eigenvalue weighted by Gasteiger charge is 2.35. The maximum atomic E-state index is 15.6. The Morgan fingerprint density at radius 3 is 2.24 bits per heavy atom. The molecular formula is C34H26F2NO+. The van der Waals surface area contributed by atoms with E-state index in [-0.39, 0.29) is 17.0 Å². The zero-order valence-corrected chi connectivity index (χ0v) is 21.7. The summed E-state index contributed by atoms with van der Waals surface area (Å²) >= 11 is 0. The van der Waals surface area contributed by atoms with E-state index in [4.69, 9.17) is 4.42 Å². The van der Waals surface area contributed by atoms with Crippen LogP contribution in [0.2, 0.25) is 0 Å². The molecule has 0 saturated heterocycles. The second kappa shape index (κ2) is 7.84. The van der Waals surface area contributed by atoms with E-state index in [9.17, 15) is 4.39 Å². The van der Waals surface area contributed by atoms with Crippen LogP contribution in [0, 0.1) is 18.6 Å². The van der Waals surface area contributed by atoms with E-state index in [1.54, 1.807) is 16.7 Å². The highest BCUT2D eigenvalue weighted by atomic mass is 19.1. The van der Waals surface area contributed by atoms with Gasteiger partial charge in [-0.2, -0.15) is 4.57 Å². The normalized spacial score (nSPS) is 13.7. The van der Waals surface area contributed by atoms with E-state index in [1.165, 1.54) is 35.0 Å². The Morgan fingerprint density at radius 2 is 1.45 bits per heavy atom. The minimum atomic E-state index is -0.326. The molecule has 0 fully saturated rings. The first kappa shape index (κ1) is 22.9. The lowest BCUT2D eigenvalue weighted by Crippen LogP contribution is -2.31. The predicted octanol–water partition coefficient (Wildman–Crippen LogP) is 8.64. The third-order valence-corrected chi connectivity index (χ3v) is 8.19. The van der Waals surface area contributed by atoms with Gasteiger partial charge in [0.1, 0.15) is 24.0 Å². The summed E-state index contributed by atoms with van der Waals surface area (Å²) in [5.74, 6) is -0.635.